The molecule has 0 unspecified atom stereocenters. The molecule has 0 aromatic carbocycles. The molecule has 0 fully saturated rings. The average molecular weight is 281 g/mol. The minimum Gasteiger partial charge on any atom is -0.375 e. The van der Waals surface area contributed by atoms with Crippen molar-refractivity contribution in [2.45, 2.75) is 6.54 Å². The van der Waals surface area contributed by atoms with E-state index in [4.69, 9.17) is 0 Å². The summed E-state index contributed by atoms with van der Waals surface area (Å²) in [6.45, 7) is 0.692. The highest BCUT2D eigenvalue weighted by Gasteiger charge is 2.04. The van der Waals surface area contributed by atoms with Crippen LogP contribution in [0.3, 0.4) is 0 Å². The Morgan fingerprint density at radius 1 is 1.19 bits per heavy atom. The Balaban J connectivity index is 1.55. The van der Waals surface area contributed by atoms with Crippen LogP contribution in [0.5, 0.6) is 0 Å². The SMILES string of the molecule is O=C(CNc1cccnc1)NCc1cccn2nccc12. The molecule has 3 aromatic rings. The number of hydrogen-bond donors (Lipinski definition) is 2. The molecule has 1 amide bonds. The zero-order valence-electron chi connectivity index (χ0n) is 11.4. The summed E-state index contributed by atoms with van der Waals surface area (Å²) in [6.07, 6.45) is 6.99. The van der Waals surface area contributed by atoms with Crippen LogP contribution in [0, 0.1) is 0 Å². The minimum absolute atomic E-state index is 0.0691. The van der Waals surface area contributed by atoms with Gasteiger partial charge in [-0.3, -0.25) is 9.78 Å². The van der Waals surface area contributed by atoms with E-state index >= 15 is 0 Å². The lowest BCUT2D eigenvalue weighted by molar-refractivity contribution is -0.119. The number of fused-ring (bicyclic) bond motifs is 1. The van der Waals surface area contributed by atoms with E-state index in [-0.39, 0.29) is 12.5 Å². The zero-order valence-corrected chi connectivity index (χ0v) is 11.4. The van der Waals surface area contributed by atoms with Crippen molar-refractivity contribution in [1.82, 2.24) is 19.9 Å². The topological polar surface area (TPSA) is 71.3 Å². The zero-order chi connectivity index (χ0) is 14.5. The molecular weight excluding hydrogens is 266 g/mol. The van der Waals surface area contributed by atoms with Crippen molar-refractivity contribution in [2.75, 3.05) is 11.9 Å². The molecule has 0 spiro atoms. The van der Waals surface area contributed by atoms with Gasteiger partial charge in [0.25, 0.3) is 0 Å². The van der Waals surface area contributed by atoms with Gasteiger partial charge >= 0.3 is 0 Å². The van der Waals surface area contributed by atoms with Crippen LogP contribution in [-0.2, 0) is 11.3 Å². The van der Waals surface area contributed by atoms with Crippen molar-refractivity contribution in [3.8, 4) is 0 Å². The lowest BCUT2D eigenvalue weighted by atomic mass is 10.2. The molecule has 6 heteroatoms. The Kier molecular flexibility index (Phi) is 3.77. The summed E-state index contributed by atoms with van der Waals surface area (Å²) in [6, 6.07) is 9.50. The summed E-state index contributed by atoms with van der Waals surface area (Å²) >= 11 is 0. The molecule has 106 valence electrons. The second-order valence-corrected chi connectivity index (χ2v) is 4.57. The van der Waals surface area contributed by atoms with Crippen molar-refractivity contribution in [2.24, 2.45) is 0 Å². The third kappa shape index (κ3) is 3.17. The third-order valence-electron chi connectivity index (χ3n) is 3.11. The smallest absolute Gasteiger partial charge is 0.239 e. The van der Waals surface area contributed by atoms with Gasteiger partial charge in [0.05, 0.1) is 17.7 Å². The molecule has 21 heavy (non-hydrogen) atoms. The van der Waals surface area contributed by atoms with Gasteiger partial charge in [0, 0.05) is 31.3 Å². The van der Waals surface area contributed by atoms with Crippen LogP contribution in [0.2, 0.25) is 0 Å². The normalized spacial score (nSPS) is 10.5. The summed E-state index contributed by atoms with van der Waals surface area (Å²) in [5, 5.41) is 10.1. The first-order valence-electron chi connectivity index (χ1n) is 6.65. The first-order chi connectivity index (χ1) is 10.3. The standard InChI is InChI=1S/C15H15N5O/c21-15(11-17-13-4-1-6-16-10-13)18-9-12-3-2-8-20-14(12)5-7-19-20/h1-8,10,17H,9,11H2,(H,18,21). The van der Waals surface area contributed by atoms with Gasteiger partial charge in [-0.05, 0) is 29.8 Å². The Hall–Kier alpha value is -2.89. The molecule has 0 aliphatic rings. The molecule has 0 atom stereocenters. The second kappa shape index (κ2) is 6.04. The van der Waals surface area contributed by atoms with Crippen LogP contribution in [-0.4, -0.2) is 27.0 Å². The van der Waals surface area contributed by atoms with E-state index in [1.807, 2.05) is 36.5 Å². The molecule has 3 heterocycles. The van der Waals surface area contributed by atoms with Crippen molar-refractivity contribution in [1.29, 1.82) is 0 Å². The predicted octanol–water partition coefficient (Wildman–Crippen LogP) is 1.46. The second-order valence-electron chi connectivity index (χ2n) is 4.57. The molecule has 0 aliphatic carbocycles. The number of rotatable bonds is 5. The van der Waals surface area contributed by atoms with E-state index in [1.165, 1.54) is 0 Å². The summed E-state index contributed by atoms with van der Waals surface area (Å²) in [7, 11) is 0. The largest absolute Gasteiger partial charge is 0.375 e. The highest BCUT2D eigenvalue weighted by molar-refractivity contribution is 5.80. The minimum atomic E-state index is -0.0691. The van der Waals surface area contributed by atoms with Crippen LogP contribution in [0.25, 0.3) is 5.52 Å². The average Bonchev–Trinajstić information content (AvgIpc) is 3.01. The quantitative estimate of drug-likeness (QED) is 0.742. The maximum absolute atomic E-state index is 11.8. The number of aromatic nitrogens is 3. The van der Waals surface area contributed by atoms with Gasteiger partial charge in [0.1, 0.15) is 0 Å². The predicted molar refractivity (Wildman–Crippen MR) is 79.8 cm³/mol. The van der Waals surface area contributed by atoms with Gasteiger partial charge in [-0.15, -0.1) is 0 Å². The van der Waals surface area contributed by atoms with Gasteiger partial charge < -0.3 is 10.6 Å². The first-order valence-corrected chi connectivity index (χ1v) is 6.65. The number of carbonyl (C=O) groups excluding carboxylic acids is 1. The fourth-order valence-electron chi connectivity index (χ4n) is 2.07. The van der Waals surface area contributed by atoms with Gasteiger partial charge in [-0.2, -0.15) is 5.10 Å². The number of nitrogens with zero attached hydrogens (tertiary/aromatic N) is 3. The molecule has 0 aliphatic heterocycles. The number of hydrogen-bond acceptors (Lipinski definition) is 4. The number of pyridine rings is 2. The maximum Gasteiger partial charge on any atom is 0.239 e. The molecule has 0 radical (unpaired) electrons. The summed E-state index contributed by atoms with van der Waals surface area (Å²) < 4.78 is 1.79. The van der Waals surface area contributed by atoms with Crippen molar-refractivity contribution >= 4 is 17.1 Å². The van der Waals surface area contributed by atoms with E-state index in [9.17, 15) is 4.79 Å². The van der Waals surface area contributed by atoms with E-state index in [2.05, 4.69) is 20.7 Å². The Labute approximate surface area is 121 Å². The van der Waals surface area contributed by atoms with E-state index in [0.717, 1.165) is 16.8 Å². The summed E-state index contributed by atoms with van der Waals surface area (Å²) in [4.78, 5) is 15.8. The van der Waals surface area contributed by atoms with Gasteiger partial charge in [0.15, 0.2) is 0 Å². The molecule has 0 saturated heterocycles. The number of amides is 1. The molecule has 3 rings (SSSR count). The van der Waals surface area contributed by atoms with Crippen molar-refractivity contribution in [3.05, 3.63) is 60.7 Å². The van der Waals surface area contributed by atoms with E-state index in [1.54, 1.807) is 23.1 Å². The van der Waals surface area contributed by atoms with Crippen molar-refractivity contribution < 1.29 is 4.79 Å². The molecule has 0 saturated carbocycles. The summed E-state index contributed by atoms with van der Waals surface area (Å²) in [5.74, 6) is -0.0691. The van der Waals surface area contributed by atoms with E-state index < -0.39 is 0 Å². The highest BCUT2D eigenvalue weighted by Crippen LogP contribution is 2.09. The fraction of sp³-hybridized carbons (Fsp3) is 0.133. The monoisotopic (exact) mass is 281 g/mol. The van der Waals surface area contributed by atoms with Crippen LogP contribution < -0.4 is 10.6 Å². The fourth-order valence-corrected chi connectivity index (χ4v) is 2.07. The van der Waals surface area contributed by atoms with Crippen LogP contribution in [0.4, 0.5) is 5.69 Å². The van der Waals surface area contributed by atoms with Gasteiger partial charge in [-0.1, -0.05) is 6.07 Å². The number of anilines is 1. The van der Waals surface area contributed by atoms with Crippen LogP contribution >= 0.6 is 0 Å². The summed E-state index contributed by atoms with van der Waals surface area (Å²) in [5.41, 5.74) is 2.85. The first kappa shape index (κ1) is 13.1. The van der Waals surface area contributed by atoms with Crippen molar-refractivity contribution in [3.63, 3.8) is 0 Å². The Morgan fingerprint density at radius 2 is 2.14 bits per heavy atom. The van der Waals surface area contributed by atoms with Crippen LogP contribution in [0.1, 0.15) is 5.56 Å². The van der Waals surface area contributed by atoms with Gasteiger partial charge in [-0.25, -0.2) is 4.52 Å². The van der Waals surface area contributed by atoms with Gasteiger partial charge in [0.2, 0.25) is 5.91 Å². The molecule has 3 aromatic heterocycles. The molecular formula is C15H15N5O. The maximum atomic E-state index is 11.8. The molecule has 0 bridgehead atoms. The lowest BCUT2D eigenvalue weighted by Crippen LogP contribution is -2.29. The number of carbonyl (C=O) groups is 1. The van der Waals surface area contributed by atoms with E-state index in [0.29, 0.717) is 6.54 Å². The lowest BCUT2D eigenvalue weighted by Gasteiger charge is -2.08. The Morgan fingerprint density at radius 3 is 3.00 bits per heavy atom. The highest BCUT2D eigenvalue weighted by atomic mass is 16.1. The molecule has 6 nitrogen and oxygen atoms in total. The Bertz CT molecular complexity index is 738. The number of nitrogens with one attached hydrogen (secondary N) is 2. The van der Waals surface area contributed by atoms with Crippen LogP contribution in [0.15, 0.2) is 55.1 Å². The molecule has 2 N–H and O–H groups in total. The third-order valence-corrected chi connectivity index (χ3v) is 3.11.